The quantitative estimate of drug-likeness (QED) is 0.678. The smallest absolute Gasteiger partial charge is 0.265 e. The van der Waals surface area contributed by atoms with Crippen LogP contribution in [-0.2, 0) is 4.79 Å². The Balaban J connectivity index is 2.16. The summed E-state index contributed by atoms with van der Waals surface area (Å²) in [6, 6.07) is 6.62. The van der Waals surface area contributed by atoms with Gasteiger partial charge in [-0.1, -0.05) is 11.6 Å². The lowest BCUT2D eigenvalue weighted by molar-refractivity contribution is -0.114. The normalized spacial score (nSPS) is 10.3. The van der Waals surface area contributed by atoms with E-state index < -0.39 is 0 Å². The fourth-order valence-corrected chi connectivity index (χ4v) is 3.70. The predicted molar refractivity (Wildman–Crippen MR) is 93.4 cm³/mol. The summed E-state index contributed by atoms with van der Waals surface area (Å²) >= 11 is 14.1. The molecule has 0 radical (unpaired) electrons. The van der Waals surface area contributed by atoms with Gasteiger partial charge in [0.1, 0.15) is 0 Å². The van der Waals surface area contributed by atoms with Crippen molar-refractivity contribution in [3.63, 3.8) is 0 Å². The van der Waals surface area contributed by atoms with Gasteiger partial charge in [-0.05, 0) is 56.1 Å². The van der Waals surface area contributed by atoms with Gasteiger partial charge in [0.2, 0.25) is 5.91 Å². The first-order valence-electron chi connectivity index (χ1n) is 5.70. The van der Waals surface area contributed by atoms with E-state index in [1.165, 1.54) is 18.3 Å². The molecule has 0 saturated heterocycles. The van der Waals surface area contributed by atoms with Crippen molar-refractivity contribution >= 4 is 78.0 Å². The van der Waals surface area contributed by atoms with Crippen molar-refractivity contribution in [3.8, 4) is 0 Å². The maximum atomic E-state index is 12.1. The van der Waals surface area contributed by atoms with Crippen molar-refractivity contribution in [2.75, 3.05) is 10.6 Å². The van der Waals surface area contributed by atoms with Crippen molar-refractivity contribution in [1.82, 2.24) is 0 Å². The monoisotopic (exact) mass is 450 g/mol. The minimum absolute atomic E-state index is 0.184. The Morgan fingerprint density at radius 1 is 1.19 bits per heavy atom. The zero-order valence-corrected chi connectivity index (χ0v) is 15.4. The summed E-state index contributed by atoms with van der Waals surface area (Å²) in [7, 11) is 0. The average molecular weight is 453 g/mol. The Kier molecular flexibility index (Phi) is 5.43. The Morgan fingerprint density at radius 2 is 1.90 bits per heavy atom. The largest absolute Gasteiger partial charge is 0.326 e. The van der Waals surface area contributed by atoms with Gasteiger partial charge in [0.25, 0.3) is 5.91 Å². The maximum absolute atomic E-state index is 12.1. The highest BCUT2D eigenvalue weighted by Gasteiger charge is 2.13. The summed E-state index contributed by atoms with van der Waals surface area (Å²) < 4.78 is 1.67. The molecule has 1 aromatic heterocycles. The molecule has 21 heavy (non-hydrogen) atoms. The second-order valence-corrected chi connectivity index (χ2v) is 7.69. The summed E-state index contributed by atoms with van der Waals surface area (Å²) in [6.07, 6.45) is 0. The van der Waals surface area contributed by atoms with Crippen LogP contribution in [0.5, 0.6) is 0 Å². The fraction of sp³-hybridized carbons (Fsp3) is 0.0769. The molecule has 2 aromatic rings. The molecule has 0 aliphatic carbocycles. The number of carbonyl (C=O) groups is 2. The average Bonchev–Trinajstić information content (AvgIpc) is 2.72. The third-order valence-electron chi connectivity index (χ3n) is 2.41. The van der Waals surface area contributed by atoms with Crippen molar-refractivity contribution in [1.29, 1.82) is 0 Å². The summed E-state index contributed by atoms with van der Waals surface area (Å²) in [6.45, 7) is 1.41. The van der Waals surface area contributed by atoms with Gasteiger partial charge in [0.05, 0.1) is 19.4 Å². The number of rotatable bonds is 3. The van der Waals surface area contributed by atoms with Gasteiger partial charge in [-0.25, -0.2) is 0 Å². The molecule has 0 spiro atoms. The fourth-order valence-electron chi connectivity index (χ4n) is 1.54. The number of hydrogen-bond acceptors (Lipinski definition) is 3. The van der Waals surface area contributed by atoms with Crippen LogP contribution in [0.25, 0.3) is 0 Å². The highest BCUT2D eigenvalue weighted by atomic mass is 79.9. The van der Waals surface area contributed by atoms with Gasteiger partial charge in [0.15, 0.2) is 0 Å². The molecule has 0 bridgehead atoms. The van der Waals surface area contributed by atoms with Crippen LogP contribution in [0.1, 0.15) is 16.6 Å². The van der Waals surface area contributed by atoms with E-state index in [2.05, 4.69) is 42.5 Å². The van der Waals surface area contributed by atoms with Crippen molar-refractivity contribution in [2.45, 2.75) is 6.92 Å². The molecule has 0 fully saturated rings. The molecule has 110 valence electrons. The Bertz CT molecular complexity index is 699. The van der Waals surface area contributed by atoms with E-state index in [0.29, 0.717) is 21.3 Å². The first-order chi connectivity index (χ1) is 9.86. The van der Waals surface area contributed by atoms with Gasteiger partial charge in [0, 0.05) is 17.1 Å². The second kappa shape index (κ2) is 6.91. The number of hydrogen-bond donors (Lipinski definition) is 2. The lowest BCUT2D eigenvalue weighted by Crippen LogP contribution is -2.11. The number of halogens is 3. The third-order valence-corrected chi connectivity index (χ3v) is 5.97. The van der Waals surface area contributed by atoms with E-state index in [-0.39, 0.29) is 11.8 Å². The molecule has 0 saturated carbocycles. The van der Waals surface area contributed by atoms with Crippen LogP contribution in [0.2, 0.25) is 5.02 Å². The van der Waals surface area contributed by atoms with Crippen LogP contribution in [0.15, 0.2) is 32.5 Å². The number of amides is 2. The van der Waals surface area contributed by atoms with Gasteiger partial charge in [-0.15, -0.1) is 11.3 Å². The van der Waals surface area contributed by atoms with Crippen molar-refractivity contribution in [2.24, 2.45) is 0 Å². The lowest BCUT2D eigenvalue weighted by atomic mass is 10.2. The zero-order valence-electron chi connectivity index (χ0n) is 10.7. The molecule has 0 unspecified atom stereocenters. The van der Waals surface area contributed by atoms with E-state index in [4.69, 9.17) is 11.6 Å². The lowest BCUT2D eigenvalue weighted by Gasteiger charge is -2.08. The molecule has 2 rings (SSSR count). The van der Waals surface area contributed by atoms with Gasteiger partial charge in [-0.3, -0.25) is 9.59 Å². The molecule has 2 amide bonds. The number of thiophene rings is 1. The number of carbonyl (C=O) groups excluding carboxylic acids is 2. The third kappa shape index (κ3) is 4.29. The second-order valence-electron chi connectivity index (χ2n) is 4.06. The topological polar surface area (TPSA) is 58.2 Å². The Morgan fingerprint density at radius 3 is 2.43 bits per heavy atom. The van der Waals surface area contributed by atoms with Crippen LogP contribution in [0.3, 0.4) is 0 Å². The number of anilines is 2. The molecule has 1 aromatic carbocycles. The number of nitrogens with one attached hydrogen (secondary N) is 2. The van der Waals surface area contributed by atoms with Gasteiger partial charge in [-0.2, -0.15) is 0 Å². The minimum atomic E-state index is -0.249. The molecule has 0 aliphatic rings. The zero-order chi connectivity index (χ0) is 15.6. The predicted octanol–water partition coefficient (Wildman–Crippen LogP) is 5.14. The Labute approximate surface area is 147 Å². The van der Waals surface area contributed by atoms with Crippen LogP contribution in [-0.4, -0.2) is 11.8 Å². The molecule has 0 atom stereocenters. The molecule has 8 heteroatoms. The molecule has 2 N–H and O–H groups in total. The molecule has 1 heterocycles. The molecular weight excluding hydrogens is 443 g/mol. The summed E-state index contributed by atoms with van der Waals surface area (Å²) in [5, 5.41) is 5.71. The SMILES string of the molecule is CC(=O)Nc1ccc(NC(=O)c2cc(Br)c(Br)s2)c(Cl)c1. The van der Waals surface area contributed by atoms with E-state index in [0.717, 1.165) is 8.26 Å². The highest BCUT2D eigenvalue weighted by Crippen LogP contribution is 2.33. The molecule has 4 nitrogen and oxygen atoms in total. The standard InChI is InChI=1S/C13H9Br2ClN2O2S/c1-6(19)17-7-2-3-10(9(16)4-7)18-13(20)11-5-8(14)12(15)21-11/h2-5H,1H3,(H,17,19)(H,18,20). The van der Waals surface area contributed by atoms with E-state index in [1.807, 2.05) is 0 Å². The van der Waals surface area contributed by atoms with Crippen LogP contribution < -0.4 is 10.6 Å². The first-order valence-corrected chi connectivity index (χ1v) is 8.48. The summed E-state index contributed by atoms with van der Waals surface area (Å²) in [5.74, 6) is -0.434. The Hall–Kier alpha value is -0.890. The van der Waals surface area contributed by atoms with Crippen LogP contribution >= 0.6 is 54.8 Å². The molecular formula is C13H9Br2ClN2O2S. The van der Waals surface area contributed by atoms with Crippen LogP contribution in [0, 0.1) is 0 Å². The van der Waals surface area contributed by atoms with E-state index in [1.54, 1.807) is 24.3 Å². The van der Waals surface area contributed by atoms with Crippen LogP contribution in [0.4, 0.5) is 11.4 Å². The minimum Gasteiger partial charge on any atom is -0.326 e. The molecule has 0 aliphatic heterocycles. The van der Waals surface area contributed by atoms with Crippen molar-refractivity contribution < 1.29 is 9.59 Å². The highest BCUT2D eigenvalue weighted by molar-refractivity contribution is 9.13. The van der Waals surface area contributed by atoms with E-state index >= 15 is 0 Å². The van der Waals surface area contributed by atoms with Crippen molar-refractivity contribution in [3.05, 3.63) is 42.4 Å². The van der Waals surface area contributed by atoms with Gasteiger partial charge < -0.3 is 10.6 Å². The van der Waals surface area contributed by atoms with E-state index in [9.17, 15) is 9.59 Å². The maximum Gasteiger partial charge on any atom is 0.265 e. The summed E-state index contributed by atoms with van der Waals surface area (Å²) in [5.41, 5.74) is 1.06. The van der Waals surface area contributed by atoms with Gasteiger partial charge >= 0.3 is 0 Å². The number of benzene rings is 1. The summed E-state index contributed by atoms with van der Waals surface area (Å²) in [4.78, 5) is 23.7. The first kappa shape index (κ1) is 16.5.